The van der Waals surface area contributed by atoms with Gasteiger partial charge in [0, 0.05) is 43.5 Å². The SMILES string of the molecule is OC1CCC(n2c(Nc3c(F)cc(F)cc3F)nc3cnc(NC4CCOCC4)cc32)CC1. The molecular formula is C23H26F3N5O2. The second-order valence-electron chi connectivity index (χ2n) is 8.73. The minimum atomic E-state index is -1.04. The highest BCUT2D eigenvalue weighted by Gasteiger charge is 2.26. The molecule has 2 aromatic heterocycles. The van der Waals surface area contributed by atoms with E-state index in [1.807, 2.05) is 10.6 Å². The molecule has 0 amide bonds. The van der Waals surface area contributed by atoms with E-state index in [0.717, 1.165) is 18.4 Å². The predicted octanol–water partition coefficient (Wildman–Crippen LogP) is 4.66. The van der Waals surface area contributed by atoms with Crippen molar-refractivity contribution in [3.05, 3.63) is 41.8 Å². The average molecular weight is 461 g/mol. The second kappa shape index (κ2) is 9.18. The highest BCUT2D eigenvalue weighted by Crippen LogP contribution is 2.36. The van der Waals surface area contributed by atoms with E-state index in [4.69, 9.17) is 4.74 Å². The summed E-state index contributed by atoms with van der Waals surface area (Å²) in [6.07, 6.45) is 5.69. The van der Waals surface area contributed by atoms with Crippen LogP contribution in [0.1, 0.15) is 44.6 Å². The van der Waals surface area contributed by atoms with Crippen LogP contribution >= 0.6 is 0 Å². The van der Waals surface area contributed by atoms with E-state index in [2.05, 4.69) is 20.6 Å². The summed E-state index contributed by atoms with van der Waals surface area (Å²) < 4.78 is 49.4. The molecule has 0 unspecified atom stereocenters. The van der Waals surface area contributed by atoms with Gasteiger partial charge in [-0.25, -0.2) is 23.1 Å². The summed E-state index contributed by atoms with van der Waals surface area (Å²) in [7, 11) is 0. The van der Waals surface area contributed by atoms with Crippen LogP contribution in [0.4, 0.5) is 30.6 Å². The molecule has 2 fully saturated rings. The Morgan fingerprint density at radius 3 is 2.36 bits per heavy atom. The molecule has 3 N–H and O–H groups in total. The summed E-state index contributed by atoms with van der Waals surface area (Å²) in [6, 6.07) is 3.39. The van der Waals surface area contributed by atoms with E-state index in [-0.39, 0.29) is 24.1 Å². The normalized spacial score (nSPS) is 21.9. The molecule has 0 atom stereocenters. The number of hydrogen-bond acceptors (Lipinski definition) is 6. The number of anilines is 3. The Balaban J connectivity index is 1.54. The van der Waals surface area contributed by atoms with Gasteiger partial charge in [0.1, 0.15) is 22.8 Å². The van der Waals surface area contributed by atoms with E-state index < -0.39 is 23.1 Å². The Bertz CT molecular complexity index is 1120. The Morgan fingerprint density at radius 2 is 1.67 bits per heavy atom. The van der Waals surface area contributed by atoms with Gasteiger partial charge in [0.2, 0.25) is 5.95 Å². The van der Waals surface area contributed by atoms with Crippen LogP contribution < -0.4 is 10.6 Å². The molecule has 0 bridgehead atoms. The summed E-state index contributed by atoms with van der Waals surface area (Å²) in [6.45, 7) is 1.40. The molecule has 7 nitrogen and oxygen atoms in total. The molecule has 1 saturated carbocycles. The molecular weight excluding hydrogens is 435 g/mol. The minimum Gasteiger partial charge on any atom is -0.393 e. The number of hydrogen-bond donors (Lipinski definition) is 3. The van der Waals surface area contributed by atoms with E-state index >= 15 is 0 Å². The van der Waals surface area contributed by atoms with Gasteiger partial charge < -0.3 is 25.0 Å². The minimum absolute atomic E-state index is 0.0224. The lowest BCUT2D eigenvalue weighted by Gasteiger charge is -2.28. The second-order valence-corrected chi connectivity index (χ2v) is 8.73. The third-order valence-corrected chi connectivity index (χ3v) is 6.42. The number of aliphatic hydroxyl groups excluding tert-OH is 1. The number of rotatable bonds is 5. The first-order valence-electron chi connectivity index (χ1n) is 11.3. The lowest BCUT2D eigenvalue weighted by atomic mass is 9.93. The van der Waals surface area contributed by atoms with E-state index in [1.165, 1.54) is 0 Å². The van der Waals surface area contributed by atoms with Crippen LogP contribution in [-0.4, -0.2) is 45.0 Å². The first-order chi connectivity index (χ1) is 16.0. The smallest absolute Gasteiger partial charge is 0.208 e. The summed E-state index contributed by atoms with van der Waals surface area (Å²) in [5.74, 6) is -2.12. The van der Waals surface area contributed by atoms with Crippen molar-refractivity contribution >= 4 is 28.5 Å². The number of benzene rings is 1. The zero-order valence-electron chi connectivity index (χ0n) is 18.0. The number of pyridine rings is 1. The molecule has 33 heavy (non-hydrogen) atoms. The molecule has 0 spiro atoms. The van der Waals surface area contributed by atoms with Gasteiger partial charge in [-0.2, -0.15) is 0 Å². The van der Waals surface area contributed by atoms with E-state index in [0.29, 0.717) is 62.4 Å². The number of imidazole rings is 1. The molecule has 3 heterocycles. The maximum atomic E-state index is 14.4. The number of ether oxygens (including phenoxy) is 1. The summed E-state index contributed by atoms with van der Waals surface area (Å²) in [5.41, 5.74) is 0.882. The van der Waals surface area contributed by atoms with Crippen molar-refractivity contribution in [2.24, 2.45) is 0 Å². The van der Waals surface area contributed by atoms with Crippen molar-refractivity contribution in [2.45, 2.75) is 56.7 Å². The van der Waals surface area contributed by atoms with Crippen molar-refractivity contribution < 1.29 is 23.0 Å². The zero-order chi connectivity index (χ0) is 22.9. The van der Waals surface area contributed by atoms with Gasteiger partial charge in [0.15, 0.2) is 11.6 Å². The number of nitrogens with one attached hydrogen (secondary N) is 2. The van der Waals surface area contributed by atoms with Crippen molar-refractivity contribution in [2.75, 3.05) is 23.8 Å². The fourth-order valence-electron chi connectivity index (χ4n) is 4.68. The molecule has 1 aromatic carbocycles. The van der Waals surface area contributed by atoms with Crippen LogP contribution in [0.15, 0.2) is 24.4 Å². The summed E-state index contributed by atoms with van der Waals surface area (Å²) in [5, 5.41) is 16.1. The van der Waals surface area contributed by atoms with Crippen molar-refractivity contribution in [3.63, 3.8) is 0 Å². The molecule has 0 radical (unpaired) electrons. The quantitative estimate of drug-likeness (QED) is 0.513. The lowest BCUT2D eigenvalue weighted by molar-refractivity contribution is 0.0904. The highest BCUT2D eigenvalue weighted by atomic mass is 19.1. The van der Waals surface area contributed by atoms with Gasteiger partial charge in [-0.05, 0) is 38.5 Å². The standard InChI is InChI=1S/C23H26F3N5O2/c24-13-9-17(25)22(18(26)10-13)30-23-29-19-12-27-21(28-14-5-7-33-8-6-14)11-20(19)31(23)15-1-3-16(32)4-2-15/h9-12,14-16,32H,1-8H2,(H,27,28)(H,29,30). The number of nitrogens with zero attached hydrogens (tertiary/aromatic N) is 3. The molecule has 10 heteroatoms. The van der Waals surface area contributed by atoms with Gasteiger partial charge in [-0.3, -0.25) is 0 Å². The highest BCUT2D eigenvalue weighted by molar-refractivity contribution is 5.81. The number of fused-ring (bicyclic) bond motifs is 1. The van der Waals surface area contributed by atoms with Crippen molar-refractivity contribution in [3.8, 4) is 0 Å². The molecule has 1 aliphatic carbocycles. The Kier molecular flexibility index (Phi) is 6.11. The maximum Gasteiger partial charge on any atom is 0.208 e. The van der Waals surface area contributed by atoms with E-state index in [9.17, 15) is 18.3 Å². The zero-order valence-corrected chi connectivity index (χ0v) is 18.0. The summed E-state index contributed by atoms with van der Waals surface area (Å²) in [4.78, 5) is 9.02. The number of aromatic nitrogens is 3. The molecule has 1 saturated heterocycles. The van der Waals surface area contributed by atoms with Gasteiger partial charge >= 0.3 is 0 Å². The van der Waals surface area contributed by atoms with Gasteiger partial charge in [-0.1, -0.05) is 0 Å². The van der Waals surface area contributed by atoms with Gasteiger partial charge in [-0.15, -0.1) is 0 Å². The Morgan fingerprint density at radius 1 is 0.970 bits per heavy atom. The fraction of sp³-hybridized carbons (Fsp3) is 0.478. The lowest BCUT2D eigenvalue weighted by Crippen LogP contribution is -2.28. The van der Waals surface area contributed by atoms with Crippen LogP contribution in [0, 0.1) is 17.5 Å². The monoisotopic (exact) mass is 461 g/mol. The molecule has 5 rings (SSSR count). The summed E-state index contributed by atoms with van der Waals surface area (Å²) >= 11 is 0. The first kappa shape index (κ1) is 22.0. The first-order valence-corrected chi connectivity index (χ1v) is 11.3. The van der Waals surface area contributed by atoms with Crippen molar-refractivity contribution in [1.82, 2.24) is 14.5 Å². The number of halogens is 3. The molecule has 1 aliphatic heterocycles. The predicted molar refractivity (Wildman–Crippen MR) is 118 cm³/mol. The fourth-order valence-corrected chi connectivity index (χ4v) is 4.68. The van der Waals surface area contributed by atoms with Crippen LogP contribution in [0.3, 0.4) is 0 Å². The maximum absolute atomic E-state index is 14.4. The number of aliphatic hydroxyl groups is 1. The molecule has 2 aliphatic rings. The van der Waals surface area contributed by atoms with Gasteiger partial charge in [0.25, 0.3) is 0 Å². The third-order valence-electron chi connectivity index (χ3n) is 6.42. The third kappa shape index (κ3) is 4.63. The Labute approximate surface area is 189 Å². The van der Waals surface area contributed by atoms with Crippen LogP contribution in [-0.2, 0) is 4.74 Å². The van der Waals surface area contributed by atoms with Crippen LogP contribution in [0.2, 0.25) is 0 Å². The molecule has 176 valence electrons. The van der Waals surface area contributed by atoms with E-state index in [1.54, 1.807) is 6.20 Å². The topological polar surface area (TPSA) is 84.2 Å². The Hall–Kier alpha value is -2.85. The van der Waals surface area contributed by atoms with Gasteiger partial charge in [0.05, 0.1) is 17.8 Å². The van der Waals surface area contributed by atoms with Crippen LogP contribution in [0.5, 0.6) is 0 Å². The molecule has 3 aromatic rings. The van der Waals surface area contributed by atoms with Crippen molar-refractivity contribution in [1.29, 1.82) is 0 Å². The average Bonchev–Trinajstić information content (AvgIpc) is 3.15. The largest absolute Gasteiger partial charge is 0.393 e. The van der Waals surface area contributed by atoms with Crippen LogP contribution in [0.25, 0.3) is 11.0 Å².